The molecule has 0 aromatic carbocycles. The van der Waals surface area contributed by atoms with Crippen molar-refractivity contribution in [3.8, 4) is 11.1 Å². The van der Waals surface area contributed by atoms with Crippen molar-refractivity contribution in [3.05, 3.63) is 49.1 Å². The monoisotopic (exact) mass is 380 g/mol. The highest BCUT2D eigenvalue weighted by molar-refractivity contribution is 7.85. The van der Waals surface area contributed by atoms with Crippen LogP contribution in [0.2, 0.25) is 0 Å². The maximum absolute atomic E-state index is 10.7. The highest BCUT2D eigenvalue weighted by atomic mass is 32.2. The van der Waals surface area contributed by atoms with E-state index < -0.39 is 10.1 Å². The van der Waals surface area contributed by atoms with Crippen molar-refractivity contribution in [2.24, 2.45) is 0 Å². The molecule has 2 rings (SSSR count). The number of pyridine rings is 2. The first-order valence-corrected chi connectivity index (χ1v) is 10.5. The molecule has 7 heteroatoms. The van der Waals surface area contributed by atoms with Gasteiger partial charge in [0.15, 0.2) is 31.3 Å². The number of quaternary nitrogens is 1. The molecule has 0 saturated carbocycles. The third-order valence-corrected chi connectivity index (χ3v) is 4.98. The largest absolute Gasteiger partial charge is 0.331 e. The summed E-state index contributed by atoms with van der Waals surface area (Å²) in [4.78, 5) is 0. The zero-order valence-electron chi connectivity index (χ0n) is 15.9. The van der Waals surface area contributed by atoms with E-state index in [2.05, 4.69) is 50.2 Å². The lowest BCUT2D eigenvalue weighted by Gasteiger charge is -2.22. The van der Waals surface area contributed by atoms with E-state index in [0.717, 1.165) is 35.1 Å². The van der Waals surface area contributed by atoms with Gasteiger partial charge in [-0.15, -0.1) is 0 Å². The highest BCUT2D eigenvalue weighted by Crippen LogP contribution is 2.15. The van der Waals surface area contributed by atoms with Crippen LogP contribution in [0, 0.1) is 0 Å². The Balaban J connectivity index is 1.90. The van der Waals surface area contributed by atoms with Crippen molar-refractivity contribution < 1.29 is 26.6 Å². The molecule has 6 nitrogen and oxygen atoms in total. The van der Waals surface area contributed by atoms with Gasteiger partial charge in [0.25, 0.3) is 10.1 Å². The molecule has 2 aromatic rings. The van der Waals surface area contributed by atoms with E-state index in [9.17, 15) is 8.42 Å². The van der Waals surface area contributed by atoms with Crippen LogP contribution in [0.15, 0.2) is 49.1 Å². The SMILES string of the molecule is C[N+](C)(C)CCC[n+]1ccc(-c2cc[n+](CCCS(=O)(=O)O)cc2)cc1. The van der Waals surface area contributed by atoms with E-state index in [-0.39, 0.29) is 5.75 Å². The Bertz CT molecular complexity index is 795. The Morgan fingerprint density at radius 2 is 1.27 bits per heavy atom. The van der Waals surface area contributed by atoms with Gasteiger partial charge in [0.1, 0.15) is 6.54 Å². The van der Waals surface area contributed by atoms with E-state index in [1.165, 1.54) is 0 Å². The van der Waals surface area contributed by atoms with Crippen LogP contribution in [0.1, 0.15) is 12.8 Å². The average molecular weight is 381 g/mol. The first-order valence-electron chi connectivity index (χ1n) is 8.87. The topological polar surface area (TPSA) is 62.1 Å². The van der Waals surface area contributed by atoms with Crippen molar-refractivity contribution >= 4 is 10.1 Å². The molecule has 0 amide bonds. The Morgan fingerprint density at radius 3 is 1.65 bits per heavy atom. The van der Waals surface area contributed by atoms with Gasteiger partial charge in [-0.3, -0.25) is 4.55 Å². The van der Waals surface area contributed by atoms with Crippen molar-refractivity contribution in [1.82, 2.24) is 0 Å². The summed E-state index contributed by atoms with van der Waals surface area (Å²) in [6.45, 7) is 2.71. The van der Waals surface area contributed by atoms with E-state index in [4.69, 9.17) is 4.55 Å². The van der Waals surface area contributed by atoms with Crippen molar-refractivity contribution in [2.45, 2.75) is 25.9 Å². The van der Waals surface area contributed by atoms with E-state index in [0.29, 0.717) is 13.0 Å². The fourth-order valence-corrected chi connectivity index (χ4v) is 3.25. The zero-order chi connectivity index (χ0) is 19.2. The van der Waals surface area contributed by atoms with Crippen molar-refractivity contribution in [3.63, 3.8) is 0 Å². The Labute approximate surface area is 156 Å². The number of aromatic nitrogens is 2. The zero-order valence-corrected chi connectivity index (χ0v) is 16.7. The molecule has 0 aliphatic heterocycles. The van der Waals surface area contributed by atoms with Crippen LogP contribution < -0.4 is 9.13 Å². The van der Waals surface area contributed by atoms with Crippen LogP contribution in [-0.2, 0) is 23.2 Å². The van der Waals surface area contributed by atoms with Crippen molar-refractivity contribution in [2.75, 3.05) is 33.4 Å². The van der Waals surface area contributed by atoms with Gasteiger partial charge in [0.2, 0.25) is 0 Å². The van der Waals surface area contributed by atoms with Crippen molar-refractivity contribution in [1.29, 1.82) is 0 Å². The van der Waals surface area contributed by atoms with E-state index >= 15 is 0 Å². The van der Waals surface area contributed by atoms with Gasteiger partial charge in [-0.25, -0.2) is 9.13 Å². The summed E-state index contributed by atoms with van der Waals surface area (Å²) in [5.74, 6) is -0.214. The quantitative estimate of drug-likeness (QED) is 0.405. The summed E-state index contributed by atoms with van der Waals surface area (Å²) < 4.78 is 35.4. The number of aryl methyl sites for hydroxylation is 2. The van der Waals surface area contributed by atoms with Gasteiger partial charge in [-0.1, -0.05) is 0 Å². The third-order valence-electron chi connectivity index (χ3n) is 4.18. The summed E-state index contributed by atoms with van der Waals surface area (Å²) in [5, 5.41) is 0. The lowest BCUT2D eigenvalue weighted by atomic mass is 10.1. The molecule has 0 saturated heterocycles. The molecule has 0 radical (unpaired) electrons. The molecule has 1 N–H and O–H groups in total. The van der Waals surface area contributed by atoms with Gasteiger partial charge in [-0.2, -0.15) is 8.42 Å². The second-order valence-electron chi connectivity index (χ2n) is 7.66. The number of nitrogens with zero attached hydrogens (tertiary/aromatic N) is 3. The lowest BCUT2D eigenvalue weighted by molar-refractivity contribution is -0.873. The molecule has 0 bridgehead atoms. The van der Waals surface area contributed by atoms with Crippen LogP contribution in [0.5, 0.6) is 0 Å². The number of hydrogen-bond donors (Lipinski definition) is 1. The maximum atomic E-state index is 10.7. The molecular formula is C19H30N3O3S+3. The second kappa shape index (κ2) is 8.70. The fraction of sp³-hybridized carbons (Fsp3) is 0.474. The van der Waals surface area contributed by atoms with Crippen LogP contribution >= 0.6 is 0 Å². The minimum atomic E-state index is -3.88. The predicted molar refractivity (Wildman–Crippen MR) is 101 cm³/mol. The molecule has 0 aliphatic rings. The van der Waals surface area contributed by atoms with Gasteiger partial charge < -0.3 is 4.48 Å². The van der Waals surface area contributed by atoms with Gasteiger partial charge >= 0.3 is 0 Å². The Hall–Kier alpha value is -1.83. The van der Waals surface area contributed by atoms with E-state index in [1.807, 2.05) is 29.1 Å². The molecule has 26 heavy (non-hydrogen) atoms. The summed E-state index contributed by atoms with van der Waals surface area (Å²) in [6, 6.07) is 8.27. The Morgan fingerprint density at radius 1 is 0.846 bits per heavy atom. The van der Waals surface area contributed by atoms with Crippen LogP contribution in [0.25, 0.3) is 11.1 Å². The third kappa shape index (κ3) is 7.59. The van der Waals surface area contributed by atoms with Crippen LogP contribution in [-0.4, -0.2) is 50.9 Å². The molecule has 142 valence electrons. The molecule has 2 heterocycles. The van der Waals surface area contributed by atoms with E-state index in [1.54, 1.807) is 0 Å². The van der Waals surface area contributed by atoms with Gasteiger partial charge in [-0.05, 0) is 11.1 Å². The predicted octanol–water partition coefficient (Wildman–Crippen LogP) is 1.30. The molecular weight excluding hydrogens is 350 g/mol. The smallest absolute Gasteiger partial charge is 0.265 e. The molecule has 2 aromatic heterocycles. The summed E-state index contributed by atoms with van der Waals surface area (Å²) in [6.07, 6.45) is 9.61. The maximum Gasteiger partial charge on any atom is 0.265 e. The van der Waals surface area contributed by atoms with Gasteiger partial charge in [0.05, 0.1) is 39.9 Å². The van der Waals surface area contributed by atoms with Gasteiger partial charge in [0, 0.05) is 30.7 Å². The van der Waals surface area contributed by atoms with Crippen LogP contribution in [0.4, 0.5) is 0 Å². The minimum Gasteiger partial charge on any atom is -0.331 e. The standard InChI is InChI=1S/C19H29N3O3S/c1-22(2,3)16-4-10-20-12-6-18(7-13-20)19-8-14-21(15-9-19)11-5-17-26(23,24)25/h6-9,12-15H,4-5,10-11,16-17H2,1-3H3/q+2/p+1. The first kappa shape index (κ1) is 20.5. The molecule has 0 unspecified atom stereocenters. The number of hydrogen-bond acceptors (Lipinski definition) is 2. The number of rotatable bonds is 9. The highest BCUT2D eigenvalue weighted by Gasteiger charge is 2.10. The Kier molecular flexibility index (Phi) is 6.86. The summed E-state index contributed by atoms with van der Waals surface area (Å²) >= 11 is 0. The molecule has 0 fully saturated rings. The molecule has 0 aliphatic carbocycles. The second-order valence-corrected chi connectivity index (χ2v) is 9.23. The average Bonchev–Trinajstić information content (AvgIpc) is 2.54. The summed E-state index contributed by atoms with van der Waals surface area (Å²) in [5.41, 5.74) is 2.27. The molecule has 0 atom stereocenters. The lowest BCUT2D eigenvalue weighted by Crippen LogP contribution is -2.39. The molecule has 0 spiro atoms. The first-order chi connectivity index (χ1) is 12.1. The normalized spacial score (nSPS) is 12.3. The fourth-order valence-electron chi connectivity index (χ4n) is 2.75. The minimum absolute atomic E-state index is 0.214. The summed E-state index contributed by atoms with van der Waals surface area (Å²) in [7, 11) is 2.74. The van der Waals surface area contributed by atoms with Crippen LogP contribution in [0.3, 0.4) is 0 Å².